The normalized spacial score (nSPS) is 10.7. The van der Waals surface area contributed by atoms with E-state index in [2.05, 4.69) is 16.0 Å². The SMILES string of the molecule is Cc1ccnc(-n2c(SCCCC#N)nc3ccccc3c2=O)c1. The van der Waals surface area contributed by atoms with Gasteiger partial charge in [-0.25, -0.2) is 14.5 Å². The van der Waals surface area contributed by atoms with Crippen LogP contribution in [0.3, 0.4) is 0 Å². The number of nitrogens with zero attached hydrogens (tertiary/aromatic N) is 4. The third kappa shape index (κ3) is 3.31. The standard InChI is InChI=1S/C18H16N4OS/c1-13-8-10-20-16(12-13)22-17(23)14-6-2-3-7-15(14)21-18(22)24-11-5-4-9-19/h2-3,6-8,10,12H,4-5,11H2,1H3. The fourth-order valence-corrected chi connectivity index (χ4v) is 3.31. The van der Waals surface area contributed by atoms with Gasteiger partial charge in [0.15, 0.2) is 5.16 Å². The summed E-state index contributed by atoms with van der Waals surface area (Å²) in [6.07, 6.45) is 2.94. The van der Waals surface area contributed by atoms with Crippen LogP contribution in [0.5, 0.6) is 0 Å². The molecule has 0 saturated carbocycles. The number of hydrogen-bond donors (Lipinski definition) is 0. The molecule has 6 heteroatoms. The van der Waals surface area contributed by atoms with Gasteiger partial charge in [0, 0.05) is 18.4 Å². The Kier molecular flexibility index (Phi) is 4.92. The quantitative estimate of drug-likeness (QED) is 0.405. The largest absolute Gasteiger partial charge is 0.268 e. The molecule has 0 unspecified atom stereocenters. The van der Waals surface area contributed by atoms with Gasteiger partial charge in [-0.3, -0.25) is 4.79 Å². The molecule has 3 rings (SSSR count). The Morgan fingerprint density at radius 1 is 1.29 bits per heavy atom. The molecular weight excluding hydrogens is 320 g/mol. The first-order chi connectivity index (χ1) is 11.7. The molecular formula is C18H16N4OS. The van der Waals surface area contributed by atoms with Crippen LogP contribution in [-0.2, 0) is 0 Å². The van der Waals surface area contributed by atoms with Crippen molar-refractivity contribution in [3.8, 4) is 11.9 Å². The van der Waals surface area contributed by atoms with E-state index in [-0.39, 0.29) is 5.56 Å². The van der Waals surface area contributed by atoms with Gasteiger partial charge < -0.3 is 0 Å². The van der Waals surface area contributed by atoms with Crippen molar-refractivity contribution in [2.75, 3.05) is 5.75 Å². The lowest BCUT2D eigenvalue weighted by Gasteiger charge is -2.12. The van der Waals surface area contributed by atoms with Crippen LogP contribution >= 0.6 is 11.8 Å². The van der Waals surface area contributed by atoms with Crippen LogP contribution in [0.25, 0.3) is 16.7 Å². The van der Waals surface area contributed by atoms with Gasteiger partial charge in [-0.15, -0.1) is 0 Å². The number of hydrogen-bond acceptors (Lipinski definition) is 5. The Labute approximate surface area is 144 Å². The van der Waals surface area contributed by atoms with E-state index in [9.17, 15) is 4.79 Å². The van der Waals surface area contributed by atoms with Crippen molar-refractivity contribution < 1.29 is 0 Å². The van der Waals surface area contributed by atoms with Gasteiger partial charge in [0.05, 0.1) is 17.0 Å². The fourth-order valence-electron chi connectivity index (χ4n) is 2.37. The summed E-state index contributed by atoms with van der Waals surface area (Å²) >= 11 is 1.48. The Morgan fingerprint density at radius 2 is 2.12 bits per heavy atom. The molecule has 0 atom stereocenters. The van der Waals surface area contributed by atoms with E-state index in [4.69, 9.17) is 5.26 Å². The number of nitriles is 1. The number of aryl methyl sites for hydroxylation is 1. The van der Waals surface area contributed by atoms with E-state index >= 15 is 0 Å². The maximum atomic E-state index is 13.0. The molecule has 5 nitrogen and oxygen atoms in total. The molecule has 24 heavy (non-hydrogen) atoms. The van der Waals surface area contributed by atoms with Crippen LogP contribution in [0, 0.1) is 18.3 Å². The van der Waals surface area contributed by atoms with Crippen molar-refractivity contribution in [1.29, 1.82) is 5.26 Å². The number of rotatable bonds is 5. The summed E-state index contributed by atoms with van der Waals surface area (Å²) in [7, 11) is 0. The van der Waals surface area contributed by atoms with E-state index < -0.39 is 0 Å². The van der Waals surface area contributed by atoms with E-state index in [1.54, 1.807) is 16.8 Å². The van der Waals surface area contributed by atoms with Gasteiger partial charge in [0.2, 0.25) is 0 Å². The summed E-state index contributed by atoms with van der Waals surface area (Å²) < 4.78 is 1.56. The smallest absolute Gasteiger partial charge is 0.267 e. The van der Waals surface area contributed by atoms with Gasteiger partial charge in [0.25, 0.3) is 5.56 Å². The van der Waals surface area contributed by atoms with Crippen LogP contribution < -0.4 is 5.56 Å². The van der Waals surface area contributed by atoms with E-state index in [1.807, 2.05) is 37.3 Å². The number of thioether (sulfide) groups is 1. The molecule has 0 radical (unpaired) electrons. The van der Waals surface area contributed by atoms with Crippen molar-refractivity contribution in [3.05, 3.63) is 58.5 Å². The topological polar surface area (TPSA) is 71.6 Å². The zero-order chi connectivity index (χ0) is 16.9. The number of unbranched alkanes of at least 4 members (excludes halogenated alkanes) is 1. The number of pyridine rings is 1. The number of aromatic nitrogens is 3. The highest BCUT2D eigenvalue weighted by molar-refractivity contribution is 7.99. The lowest BCUT2D eigenvalue weighted by molar-refractivity contribution is 0.793. The maximum Gasteiger partial charge on any atom is 0.267 e. The predicted molar refractivity (Wildman–Crippen MR) is 95.4 cm³/mol. The second-order valence-corrected chi connectivity index (χ2v) is 6.42. The molecule has 0 aliphatic rings. The van der Waals surface area contributed by atoms with Crippen molar-refractivity contribution >= 4 is 22.7 Å². The third-order valence-electron chi connectivity index (χ3n) is 3.54. The lowest BCUT2D eigenvalue weighted by Crippen LogP contribution is -2.22. The van der Waals surface area contributed by atoms with Crippen molar-refractivity contribution in [1.82, 2.24) is 14.5 Å². The molecule has 0 N–H and O–H groups in total. The number of para-hydroxylation sites is 1. The highest BCUT2D eigenvalue weighted by Gasteiger charge is 2.14. The van der Waals surface area contributed by atoms with Crippen molar-refractivity contribution in [3.63, 3.8) is 0 Å². The summed E-state index contributed by atoms with van der Waals surface area (Å²) in [5.74, 6) is 1.30. The van der Waals surface area contributed by atoms with Crippen LogP contribution in [0.2, 0.25) is 0 Å². The number of fused-ring (bicyclic) bond motifs is 1. The van der Waals surface area contributed by atoms with Gasteiger partial charge in [0.1, 0.15) is 5.82 Å². The first-order valence-corrected chi connectivity index (χ1v) is 8.64. The Bertz CT molecular complexity index is 975. The molecule has 0 fully saturated rings. The van der Waals surface area contributed by atoms with E-state index in [0.717, 1.165) is 17.7 Å². The molecule has 3 aromatic rings. The maximum absolute atomic E-state index is 13.0. The first-order valence-electron chi connectivity index (χ1n) is 7.65. The first kappa shape index (κ1) is 16.2. The van der Waals surface area contributed by atoms with Crippen LogP contribution in [0.15, 0.2) is 52.5 Å². The minimum absolute atomic E-state index is 0.124. The van der Waals surface area contributed by atoms with E-state index in [0.29, 0.717) is 28.3 Å². The molecule has 0 aliphatic carbocycles. The summed E-state index contributed by atoms with van der Waals surface area (Å²) in [6, 6.07) is 13.2. The number of benzene rings is 1. The molecule has 0 aliphatic heterocycles. The third-order valence-corrected chi connectivity index (χ3v) is 4.56. The molecule has 0 bridgehead atoms. The van der Waals surface area contributed by atoms with Crippen molar-refractivity contribution in [2.24, 2.45) is 0 Å². The minimum atomic E-state index is -0.124. The van der Waals surface area contributed by atoms with E-state index in [1.165, 1.54) is 11.8 Å². The second-order valence-electron chi connectivity index (χ2n) is 5.35. The average molecular weight is 336 g/mol. The highest BCUT2D eigenvalue weighted by atomic mass is 32.2. The molecule has 2 heterocycles. The van der Waals surface area contributed by atoms with Crippen LogP contribution in [-0.4, -0.2) is 20.3 Å². The van der Waals surface area contributed by atoms with Gasteiger partial charge in [-0.1, -0.05) is 23.9 Å². The zero-order valence-corrected chi connectivity index (χ0v) is 14.1. The zero-order valence-electron chi connectivity index (χ0n) is 13.3. The van der Waals surface area contributed by atoms with Crippen LogP contribution in [0.4, 0.5) is 0 Å². The molecule has 0 spiro atoms. The monoisotopic (exact) mass is 336 g/mol. The fraction of sp³-hybridized carbons (Fsp3) is 0.222. The molecule has 0 amide bonds. The Balaban J connectivity index is 2.14. The summed E-state index contributed by atoms with van der Waals surface area (Å²) in [4.78, 5) is 21.9. The summed E-state index contributed by atoms with van der Waals surface area (Å²) in [6.45, 7) is 1.96. The van der Waals surface area contributed by atoms with Crippen molar-refractivity contribution in [2.45, 2.75) is 24.9 Å². The highest BCUT2D eigenvalue weighted by Crippen LogP contribution is 2.21. The average Bonchev–Trinajstić information content (AvgIpc) is 2.59. The Hall–Kier alpha value is -2.65. The molecule has 1 aromatic carbocycles. The summed E-state index contributed by atoms with van der Waals surface area (Å²) in [5, 5.41) is 9.85. The molecule has 0 saturated heterocycles. The Morgan fingerprint density at radius 3 is 2.92 bits per heavy atom. The van der Waals surface area contributed by atoms with Gasteiger partial charge >= 0.3 is 0 Å². The van der Waals surface area contributed by atoms with Crippen LogP contribution in [0.1, 0.15) is 18.4 Å². The lowest BCUT2D eigenvalue weighted by atomic mass is 10.2. The second kappa shape index (κ2) is 7.28. The molecule has 120 valence electrons. The van der Waals surface area contributed by atoms with Gasteiger partial charge in [-0.2, -0.15) is 5.26 Å². The van der Waals surface area contributed by atoms with Gasteiger partial charge in [-0.05, 0) is 43.2 Å². The minimum Gasteiger partial charge on any atom is -0.268 e. The predicted octanol–water partition coefficient (Wildman–Crippen LogP) is 3.49. The summed E-state index contributed by atoms with van der Waals surface area (Å²) in [5.41, 5.74) is 1.58. The molecule has 2 aromatic heterocycles.